The molecule has 1 amide bonds. The highest BCUT2D eigenvalue weighted by molar-refractivity contribution is 7.80. The zero-order valence-corrected chi connectivity index (χ0v) is 12.4. The fraction of sp³-hybridized carbons (Fsp3) is 0.643. The molecule has 0 radical (unpaired) electrons. The zero-order chi connectivity index (χ0) is 14.0. The molecule has 2 fully saturated rings. The average molecular weight is 292 g/mol. The lowest BCUT2D eigenvalue weighted by molar-refractivity contribution is -0.132. The maximum Gasteiger partial charge on any atom is 0.225 e. The van der Waals surface area contributed by atoms with E-state index in [9.17, 15) is 4.79 Å². The van der Waals surface area contributed by atoms with Crippen LogP contribution in [0.3, 0.4) is 0 Å². The van der Waals surface area contributed by atoms with Crippen molar-refractivity contribution in [1.29, 1.82) is 0 Å². The molecule has 0 N–H and O–H groups in total. The lowest BCUT2D eigenvalue weighted by Crippen LogP contribution is -2.49. The second-order valence-electron chi connectivity index (χ2n) is 5.75. The maximum atomic E-state index is 12.3. The Kier molecular flexibility index (Phi) is 3.83. The summed E-state index contributed by atoms with van der Waals surface area (Å²) in [4.78, 5) is 24.9. The van der Waals surface area contributed by atoms with Gasteiger partial charge in [-0.1, -0.05) is 0 Å². The van der Waals surface area contributed by atoms with Gasteiger partial charge in [0.2, 0.25) is 11.9 Å². The van der Waals surface area contributed by atoms with E-state index in [0.29, 0.717) is 6.42 Å². The van der Waals surface area contributed by atoms with Gasteiger partial charge >= 0.3 is 0 Å². The minimum atomic E-state index is 0.208. The summed E-state index contributed by atoms with van der Waals surface area (Å²) in [5, 5.41) is 0. The van der Waals surface area contributed by atoms with Crippen molar-refractivity contribution in [3.8, 4) is 0 Å². The van der Waals surface area contributed by atoms with E-state index in [-0.39, 0.29) is 11.3 Å². The van der Waals surface area contributed by atoms with Crippen LogP contribution >= 0.6 is 12.6 Å². The van der Waals surface area contributed by atoms with Crippen LogP contribution in [0.25, 0.3) is 0 Å². The summed E-state index contributed by atoms with van der Waals surface area (Å²) in [6, 6.07) is 1.82. The first kappa shape index (κ1) is 13.7. The molecule has 0 unspecified atom stereocenters. The predicted molar refractivity (Wildman–Crippen MR) is 81.0 cm³/mol. The number of hydrogen-bond acceptors (Lipinski definition) is 5. The van der Waals surface area contributed by atoms with Crippen LogP contribution in [-0.4, -0.2) is 52.7 Å². The van der Waals surface area contributed by atoms with Crippen molar-refractivity contribution in [3.05, 3.63) is 18.5 Å². The number of aromatic nitrogens is 2. The topological polar surface area (TPSA) is 49.3 Å². The lowest BCUT2D eigenvalue weighted by Gasteiger charge is -2.35. The van der Waals surface area contributed by atoms with Crippen molar-refractivity contribution < 1.29 is 4.79 Å². The number of carbonyl (C=O) groups is 1. The van der Waals surface area contributed by atoms with E-state index in [1.165, 1.54) is 0 Å². The number of anilines is 1. The van der Waals surface area contributed by atoms with Gasteiger partial charge in [0.05, 0.1) is 0 Å². The van der Waals surface area contributed by atoms with Gasteiger partial charge in [-0.3, -0.25) is 4.79 Å². The molecular formula is C14H20N4OS. The number of nitrogens with zero attached hydrogens (tertiary/aromatic N) is 4. The monoisotopic (exact) mass is 292 g/mol. The molecule has 1 aromatic heterocycles. The van der Waals surface area contributed by atoms with Gasteiger partial charge in [0.25, 0.3) is 0 Å². The minimum Gasteiger partial charge on any atom is -0.339 e. The average Bonchev–Trinajstić information content (AvgIpc) is 3.28. The largest absolute Gasteiger partial charge is 0.339 e. The predicted octanol–water partition coefficient (Wildman–Crippen LogP) is 1.23. The van der Waals surface area contributed by atoms with E-state index in [1.807, 2.05) is 11.0 Å². The van der Waals surface area contributed by atoms with E-state index in [0.717, 1.165) is 50.7 Å². The Labute approximate surface area is 124 Å². The molecule has 20 heavy (non-hydrogen) atoms. The Bertz CT molecular complexity index is 469. The molecule has 0 bridgehead atoms. The Hall–Kier alpha value is -1.30. The number of piperazine rings is 1. The third-order valence-corrected chi connectivity index (χ3v) is 4.96. The van der Waals surface area contributed by atoms with Crippen LogP contribution in [0.1, 0.15) is 19.3 Å². The van der Waals surface area contributed by atoms with Gasteiger partial charge < -0.3 is 9.80 Å². The molecule has 5 nitrogen and oxygen atoms in total. The van der Waals surface area contributed by atoms with E-state index >= 15 is 0 Å². The number of amides is 1. The zero-order valence-electron chi connectivity index (χ0n) is 11.5. The maximum absolute atomic E-state index is 12.3. The SMILES string of the molecule is O=C(CC1(CS)CC1)N1CCN(c2ncccn2)CC1. The molecule has 6 heteroatoms. The molecule has 1 aliphatic heterocycles. The smallest absolute Gasteiger partial charge is 0.225 e. The lowest BCUT2D eigenvalue weighted by atomic mass is 10.0. The summed E-state index contributed by atoms with van der Waals surface area (Å²) in [7, 11) is 0. The highest BCUT2D eigenvalue weighted by Crippen LogP contribution is 2.49. The molecule has 2 aliphatic rings. The fourth-order valence-corrected chi connectivity index (χ4v) is 3.04. The first-order valence-electron chi connectivity index (χ1n) is 7.13. The van der Waals surface area contributed by atoms with Crippen molar-refractivity contribution in [1.82, 2.24) is 14.9 Å². The third-order valence-electron chi connectivity index (χ3n) is 4.29. The van der Waals surface area contributed by atoms with E-state index in [2.05, 4.69) is 27.5 Å². The summed E-state index contributed by atoms with van der Waals surface area (Å²) < 4.78 is 0. The summed E-state index contributed by atoms with van der Waals surface area (Å²) in [6.45, 7) is 3.15. The normalized spacial score (nSPS) is 20.9. The second kappa shape index (κ2) is 5.60. The van der Waals surface area contributed by atoms with Gasteiger partial charge in [-0.05, 0) is 30.1 Å². The second-order valence-corrected chi connectivity index (χ2v) is 6.07. The summed E-state index contributed by atoms with van der Waals surface area (Å²) >= 11 is 4.37. The highest BCUT2D eigenvalue weighted by Gasteiger charge is 2.43. The Morgan fingerprint density at radius 3 is 2.40 bits per heavy atom. The van der Waals surface area contributed by atoms with Crippen molar-refractivity contribution in [3.63, 3.8) is 0 Å². The van der Waals surface area contributed by atoms with Gasteiger partial charge in [0.1, 0.15) is 0 Å². The van der Waals surface area contributed by atoms with E-state index < -0.39 is 0 Å². The van der Waals surface area contributed by atoms with Crippen LogP contribution in [0.4, 0.5) is 5.95 Å². The van der Waals surface area contributed by atoms with E-state index in [1.54, 1.807) is 12.4 Å². The van der Waals surface area contributed by atoms with Crippen molar-refractivity contribution in [2.24, 2.45) is 5.41 Å². The van der Waals surface area contributed by atoms with E-state index in [4.69, 9.17) is 0 Å². The molecule has 1 saturated heterocycles. The number of hydrogen-bond donors (Lipinski definition) is 1. The number of thiol groups is 1. The Balaban J connectivity index is 1.52. The molecular weight excluding hydrogens is 272 g/mol. The molecule has 108 valence electrons. The molecule has 3 rings (SSSR count). The number of rotatable bonds is 4. The van der Waals surface area contributed by atoms with Crippen LogP contribution in [0.5, 0.6) is 0 Å². The van der Waals surface area contributed by atoms with Crippen molar-refractivity contribution >= 4 is 24.5 Å². The quantitative estimate of drug-likeness (QED) is 0.848. The molecule has 0 spiro atoms. The van der Waals surface area contributed by atoms with Crippen LogP contribution in [0.2, 0.25) is 0 Å². The standard InChI is InChI=1S/C14H20N4OS/c19-12(10-14(11-20)2-3-14)17-6-8-18(9-7-17)13-15-4-1-5-16-13/h1,4-5,20H,2-3,6-11H2. The first-order valence-corrected chi connectivity index (χ1v) is 7.76. The Morgan fingerprint density at radius 2 is 1.85 bits per heavy atom. The summed E-state index contributed by atoms with van der Waals surface area (Å²) in [5.41, 5.74) is 0.208. The Morgan fingerprint density at radius 1 is 1.20 bits per heavy atom. The molecule has 1 aliphatic carbocycles. The number of carbonyl (C=O) groups excluding carboxylic acids is 1. The molecule has 2 heterocycles. The summed E-state index contributed by atoms with van der Waals surface area (Å²) in [5.74, 6) is 1.87. The fourth-order valence-electron chi connectivity index (χ4n) is 2.61. The summed E-state index contributed by atoms with van der Waals surface area (Å²) in [6.07, 6.45) is 6.48. The molecule has 1 saturated carbocycles. The third kappa shape index (κ3) is 2.90. The molecule has 0 atom stereocenters. The van der Waals surface area contributed by atoms with Crippen molar-refractivity contribution in [2.45, 2.75) is 19.3 Å². The minimum absolute atomic E-state index is 0.208. The van der Waals surface area contributed by atoms with Gasteiger partial charge in [-0.25, -0.2) is 9.97 Å². The molecule has 0 aromatic carbocycles. The van der Waals surface area contributed by atoms with Crippen LogP contribution in [0, 0.1) is 5.41 Å². The first-order chi connectivity index (χ1) is 9.72. The molecule has 1 aromatic rings. The van der Waals surface area contributed by atoms with Gasteiger partial charge in [0.15, 0.2) is 0 Å². The van der Waals surface area contributed by atoms with Crippen molar-refractivity contribution in [2.75, 3.05) is 36.8 Å². The highest BCUT2D eigenvalue weighted by atomic mass is 32.1. The van der Waals surface area contributed by atoms with Gasteiger partial charge in [-0.2, -0.15) is 12.6 Å². The van der Waals surface area contributed by atoms with Gasteiger partial charge in [0, 0.05) is 45.0 Å². The van der Waals surface area contributed by atoms with Gasteiger partial charge in [-0.15, -0.1) is 0 Å². The van der Waals surface area contributed by atoms with Crippen LogP contribution < -0.4 is 4.90 Å². The van der Waals surface area contributed by atoms with Crippen LogP contribution in [0.15, 0.2) is 18.5 Å². The van der Waals surface area contributed by atoms with Crippen LogP contribution in [-0.2, 0) is 4.79 Å².